The van der Waals surface area contributed by atoms with Crippen molar-refractivity contribution in [2.45, 2.75) is 24.2 Å². The van der Waals surface area contributed by atoms with E-state index in [0.717, 1.165) is 25.3 Å². The molecule has 0 saturated carbocycles. The molecule has 0 aromatic heterocycles. The minimum Gasteiger partial charge on any atom is -0.495 e. The number of benzene rings is 1. The predicted molar refractivity (Wildman–Crippen MR) is 84.8 cm³/mol. The first-order valence-corrected chi connectivity index (χ1v) is 8.86. The molecule has 0 aliphatic carbocycles. The van der Waals surface area contributed by atoms with E-state index >= 15 is 0 Å². The summed E-state index contributed by atoms with van der Waals surface area (Å²) in [6.07, 6.45) is 2.52. The summed E-state index contributed by atoms with van der Waals surface area (Å²) in [7, 11) is -2.46. The topological polar surface area (TPSA) is 116 Å². The maximum Gasteiger partial charge on any atom is 0.273 e. The molecule has 1 saturated heterocycles. The van der Waals surface area contributed by atoms with Gasteiger partial charge >= 0.3 is 0 Å². The summed E-state index contributed by atoms with van der Waals surface area (Å²) >= 11 is 0. The number of nitrogens with two attached hydrogens (primary N) is 1. The van der Waals surface area contributed by atoms with E-state index in [2.05, 4.69) is 0 Å². The molecule has 1 fully saturated rings. The van der Waals surface area contributed by atoms with Gasteiger partial charge in [0.1, 0.15) is 10.6 Å². The van der Waals surface area contributed by atoms with Crippen molar-refractivity contribution in [3.63, 3.8) is 0 Å². The van der Waals surface area contributed by atoms with Crippen LogP contribution in [0.1, 0.15) is 19.3 Å². The lowest BCUT2D eigenvalue weighted by atomic mass is 9.96. The highest BCUT2D eigenvalue weighted by Crippen LogP contribution is 2.32. The van der Waals surface area contributed by atoms with E-state index in [1.165, 1.54) is 23.5 Å². The number of hydrogen-bond acceptors (Lipinski definition) is 6. The molecule has 2 N–H and O–H groups in total. The number of methoxy groups -OCH3 is 1. The number of sulfonamides is 1. The van der Waals surface area contributed by atoms with Crippen molar-refractivity contribution in [1.29, 1.82) is 0 Å². The van der Waals surface area contributed by atoms with E-state index in [0.29, 0.717) is 19.6 Å². The molecule has 1 aliphatic rings. The molecule has 0 bridgehead atoms. The van der Waals surface area contributed by atoms with Gasteiger partial charge in [0, 0.05) is 19.2 Å². The number of nitrogens with zero attached hydrogens (tertiary/aromatic N) is 2. The zero-order valence-electron chi connectivity index (χ0n) is 13.0. The summed E-state index contributed by atoms with van der Waals surface area (Å²) in [5, 5.41) is 10.8. The molecule has 0 radical (unpaired) electrons. The molecule has 0 spiro atoms. The molecule has 2 rings (SSSR count). The third-order valence-electron chi connectivity index (χ3n) is 4.03. The van der Waals surface area contributed by atoms with Crippen LogP contribution in [-0.4, -0.2) is 44.4 Å². The second-order valence-electron chi connectivity index (χ2n) is 5.54. The first-order chi connectivity index (χ1) is 10.9. The lowest BCUT2D eigenvalue weighted by Gasteiger charge is -2.32. The Kier molecular flexibility index (Phi) is 5.55. The van der Waals surface area contributed by atoms with Gasteiger partial charge in [0.25, 0.3) is 5.69 Å². The summed E-state index contributed by atoms with van der Waals surface area (Å²) in [5.41, 5.74) is 5.36. The van der Waals surface area contributed by atoms with Gasteiger partial charge in [-0.25, -0.2) is 8.42 Å². The van der Waals surface area contributed by atoms with Crippen LogP contribution in [0.25, 0.3) is 0 Å². The minimum absolute atomic E-state index is 0.0138. The molecule has 23 heavy (non-hydrogen) atoms. The average Bonchev–Trinajstić information content (AvgIpc) is 2.54. The summed E-state index contributed by atoms with van der Waals surface area (Å²) < 4.78 is 32.2. The second kappa shape index (κ2) is 7.24. The molecule has 1 unspecified atom stereocenters. The largest absolute Gasteiger partial charge is 0.495 e. The van der Waals surface area contributed by atoms with Gasteiger partial charge in [-0.3, -0.25) is 10.1 Å². The molecule has 128 valence electrons. The average molecular weight is 343 g/mol. The summed E-state index contributed by atoms with van der Waals surface area (Å²) in [6.45, 7) is 1.38. The Hall–Kier alpha value is -1.71. The summed E-state index contributed by atoms with van der Waals surface area (Å²) in [4.78, 5) is 10.2. The zero-order chi connectivity index (χ0) is 17.0. The van der Waals surface area contributed by atoms with Gasteiger partial charge in [-0.2, -0.15) is 4.31 Å². The number of piperidine rings is 1. The highest BCUT2D eigenvalue weighted by molar-refractivity contribution is 7.89. The molecule has 8 nitrogen and oxygen atoms in total. The van der Waals surface area contributed by atoms with Gasteiger partial charge in [-0.15, -0.1) is 0 Å². The Labute approximate surface area is 135 Å². The van der Waals surface area contributed by atoms with E-state index < -0.39 is 14.9 Å². The third-order valence-corrected chi connectivity index (χ3v) is 5.94. The zero-order valence-corrected chi connectivity index (χ0v) is 13.8. The highest BCUT2D eigenvalue weighted by atomic mass is 32.2. The van der Waals surface area contributed by atoms with Crippen LogP contribution in [0.3, 0.4) is 0 Å². The van der Waals surface area contributed by atoms with Crippen LogP contribution < -0.4 is 10.5 Å². The third kappa shape index (κ3) is 3.80. The van der Waals surface area contributed by atoms with Gasteiger partial charge in [0.15, 0.2) is 0 Å². The van der Waals surface area contributed by atoms with E-state index in [1.807, 2.05) is 0 Å². The number of nitro benzene ring substituents is 1. The van der Waals surface area contributed by atoms with Gasteiger partial charge in [0.2, 0.25) is 10.0 Å². The monoisotopic (exact) mass is 343 g/mol. The van der Waals surface area contributed by atoms with Crippen molar-refractivity contribution in [1.82, 2.24) is 4.31 Å². The first-order valence-electron chi connectivity index (χ1n) is 7.42. The number of ether oxygens (including phenoxy) is 1. The number of nitro groups is 1. The van der Waals surface area contributed by atoms with E-state index in [1.54, 1.807) is 0 Å². The highest BCUT2D eigenvalue weighted by Gasteiger charge is 2.32. The van der Waals surface area contributed by atoms with Crippen molar-refractivity contribution in [2.24, 2.45) is 11.7 Å². The van der Waals surface area contributed by atoms with Crippen molar-refractivity contribution in [3.8, 4) is 5.75 Å². The first kappa shape index (κ1) is 17.6. The standard InChI is InChI=1S/C14H21N3O5S/c1-22-13-9-12(17(18)19)4-5-14(13)23(20,21)16-8-2-3-11(10-16)6-7-15/h4-5,9,11H,2-3,6-8,10,15H2,1H3. The summed E-state index contributed by atoms with van der Waals surface area (Å²) in [6, 6.07) is 3.55. The fraction of sp³-hybridized carbons (Fsp3) is 0.571. The van der Waals surface area contributed by atoms with Crippen LogP contribution in [0.4, 0.5) is 5.69 Å². The van der Waals surface area contributed by atoms with E-state index in [4.69, 9.17) is 10.5 Å². The number of non-ortho nitro benzene ring substituents is 1. The lowest BCUT2D eigenvalue weighted by molar-refractivity contribution is -0.385. The molecular weight excluding hydrogens is 322 g/mol. The normalized spacial score (nSPS) is 19.5. The van der Waals surface area contributed by atoms with Crippen molar-refractivity contribution >= 4 is 15.7 Å². The molecule has 9 heteroatoms. The smallest absolute Gasteiger partial charge is 0.273 e. The minimum atomic E-state index is -3.75. The maximum atomic E-state index is 12.8. The summed E-state index contributed by atoms with van der Waals surface area (Å²) in [5.74, 6) is 0.229. The molecule has 0 amide bonds. The molecular formula is C14H21N3O5S. The van der Waals surface area contributed by atoms with Crippen LogP contribution in [0.2, 0.25) is 0 Å². The van der Waals surface area contributed by atoms with Crippen LogP contribution >= 0.6 is 0 Å². The Morgan fingerprint density at radius 2 is 2.22 bits per heavy atom. The van der Waals surface area contributed by atoms with Crippen molar-refractivity contribution < 1.29 is 18.1 Å². The number of hydrogen-bond donors (Lipinski definition) is 1. The van der Waals surface area contributed by atoms with Crippen molar-refractivity contribution in [2.75, 3.05) is 26.7 Å². The maximum absolute atomic E-state index is 12.8. The Balaban J connectivity index is 2.33. The molecule has 1 aromatic carbocycles. The van der Waals surface area contributed by atoms with Crippen LogP contribution in [0.15, 0.2) is 23.1 Å². The molecule has 1 aliphatic heterocycles. The Bertz CT molecular complexity index is 675. The Morgan fingerprint density at radius 1 is 1.48 bits per heavy atom. The van der Waals surface area contributed by atoms with Crippen molar-refractivity contribution in [3.05, 3.63) is 28.3 Å². The second-order valence-corrected chi connectivity index (χ2v) is 7.45. The van der Waals surface area contributed by atoms with Gasteiger partial charge in [0.05, 0.1) is 18.1 Å². The molecule has 1 aromatic rings. The predicted octanol–water partition coefficient (Wildman–Crippen LogP) is 1.35. The van der Waals surface area contributed by atoms with E-state index in [9.17, 15) is 18.5 Å². The van der Waals surface area contributed by atoms with Gasteiger partial charge in [-0.1, -0.05) is 0 Å². The fourth-order valence-corrected chi connectivity index (χ4v) is 4.53. The van der Waals surface area contributed by atoms with Gasteiger partial charge < -0.3 is 10.5 Å². The Morgan fingerprint density at radius 3 is 2.83 bits per heavy atom. The van der Waals surface area contributed by atoms with Gasteiger partial charge in [-0.05, 0) is 37.8 Å². The fourth-order valence-electron chi connectivity index (χ4n) is 2.84. The lowest BCUT2D eigenvalue weighted by Crippen LogP contribution is -2.40. The molecule has 1 heterocycles. The quantitative estimate of drug-likeness (QED) is 0.616. The number of rotatable bonds is 6. The molecule has 1 atom stereocenters. The SMILES string of the molecule is COc1cc([N+](=O)[O-])ccc1S(=O)(=O)N1CCCC(CCN)C1. The van der Waals surface area contributed by atoms with E-state index in [-0.39, 0.29) is 22.3 Å². The van der Waals surface area contributed by atoms with Crippen LogP contribution in [0.5, 0.6) is 5.75 Å². The van der Waals surface area contributed by atoms with Crippen LogP contribution in [-0.2, 0) is 10.0 Å². The van der Waals surface area contributed by atoms with Crippen LogP contribution in [0, 0.1) is 16.0 Å².